The number of aromatic nitrogens is 1. The van der Waals surface area contributed by atoms with Crippen molar-refractivity contribution in [1.29, 1.82) is 0 Å². The van der Waals surface area contributed by atoms with Crippen molar-refractivity contribution in [3.8, 4) is 0 Å². The monoisotopic (exact) mass is 298 g/mol. The first-order valence-corrected chi connectivity index (χ1v) is 7.22. The molecule has 2 heterocycles. The molecule has 0 saturated carbocycles. The number of benzene rings is 1. The Balaban J connectivity index is 1.71. The second-order valence-electron chi connectivity index (χ2n) is 5.47. The summed E-state index contributed by atoms with van der Waals surface area (Å²) in [6, 6.07) is 3.87. The summed E-state index contributed by atoms with van der Waals surface area (Å²) in [6.07, 6.45) is 0.768. The first-order chi connectivity index (χ1) is 10.0. The van der Waals surface area contributed by atoms with Crippen LogP contribution in [0, 0.1) is 0 Å². The number of hydrogen-bond acceptors (Lipinski definition) is 3. The van der Waals surface area contributed by atoms with E-state index in [4.69, 9.17) is 4.42 Å². The van der Waals surface area contributed by atoms with Crippen molar-refractivity contribution in [3.63, 3.8) is 0 Å². The van der Waals surface area contributed by atoms with Crippen LogP contribution in [0.15, 0.2) is 22.6 Å². The van der Waals surface area contributed by atoms with E-state index in [0.29, 0.717) is 23.9 Å². The van der Waals surface area contributed by atoms with E-state index in [1.54, 1.807) is 0 Å². The number of nitrogens with one attached hydrogen (secondary N) is 1. The number of aryl methyl sites for hydroxylation is 1. The Kier molecular flexibility index (Phi) is 3.89. The van der Waals surface area contributed by atoms with Gasteiger partial charge < -0.3 is 9.73 Å². The molecule has 0 bridgehead atoms. The lowest BCUT2D eigenvalue weighted by atomic mass is 10.0. The summed E-state index contributed by atoms with van der Waals surface area (Å²) in [5, 5.41) is 3.43. The molecule has 0 aliphatic carbocycles. The number of nitrogens with zero attached hydrogens (tertiary/aromatic N) is 1. The van der Waals surface area contributed by atoms with Gasteiger partial charge in [0.1, 0.15) is 5.52 Å². The summed E-state index contributed by atoms with van der Waals surface area (Å²) in [6.45, 7) is 1.03. The highest BCUT2D eigenvalue weighted by molar-refractivity contribution is 5.73. The highest BCUT2D eigenvalue weighted by atomic mass is 19.4. The van der Waals surface area contributed by atoms with E-state index >= 15 is 0 Å². The van der Waals surface area contributed by atoms with Gasteiger partial charge in [-0.15, -0.1) is 0 Å². The molecule has 114 valence electrons. The molecule has 0 spiro atoms. The minimum Gasteiger partial charge on any atom is -0.441 e. The van der Waals surface area contributed by atoms with Gasteiger partial charge in [-0.2, -0.15) is 13.2 Å². The fourth-order valence-corrected chi connectivity index (χ4v) is 2.73. The molecule has 1 aromatic carbocycles. The van der Waals surface area contributed by atoms with Crippen LogP contribution in [0.25, 0.3) is 11.1 Å². The van der Waals surface area contributed by atoms with Gasteiger partial charge in [0.05, 0.1) is 5.56 Å². The standard InChI is InChI=1S/C15H17F3N2O/c16-15(17,18)10-4-6-13-12(9-10)20-14(21-13)7-5-11-3-1-2-8-19-11/h4,6,9,11,19H,1-3,5,7-8H2. The summed E-state index contributed by atoms with van der Waals surface area (Å²) < 4.78 is 43.5. The molecule has 3 rings (SSSR count). The van der Waals surface area contributed by atoms with Crippen LogP contribution in [0.1, 0.15) is 37.1 Å². The first-order valence-electron chi connectivity index (χ1n) is 7.22. The van der Waals surface area contributed by atoms with Crippen molar-refractivity contribution in [2.75, 3.05) is 6.54 Å². The molecule has 21 heavy (non-hydrogen) atoms. The molecule has 3 nitrogen and oxygen atoms in total. The molecule has 1 saturated heterocycles. The minimum atomic E-state index is -4.35. The highest BCUT2D eigenvalue weighted by Gasteiger charge is 2.31. The molecular formula is C15H17F3N2O. The van der Waals surface area contributed by atoms with E-state index in [9.17, 15) is 13.2 Å². The van der Waals surface area contributed by atoms with Crippen LogP contribution in [-0.4, -0.2) is 17.6 Å². The topological polar surface area (TPSA) is 38.1 Å². The molecule has 6 heteroatoms. The van der Waals surface area contributed by atoms with Gasteiger partial charge in [0, 0.05) is 12.5 Å². The van der Waals surface area contributed by atoms with Crippen molar-refractivity contribution in [3.05, 3.63) is 29.7 Å². The fraction of sp³-hybridized carbons (Fsp3) is 0.533. The molecule has 1 aromatic heterocycles. The second kappa shape index (κ2) is 5.67. The van der Waals surface area contributed by atoms with Gasteiger partial charge in [0.15, 0.2) is 11.5 Å². The zero-order valence-corrected chi connectivity index (χ0v) is 11.5. The molecule has 0 radical (unpaired) electrons. The zero-order valence-electron chi connectivity index (χ0n) is 11.5. The number of alkyl halides is 3. The van der Waals surface area contributed by atoms with Gasteiger partial charge >= 0.3 is 6.18 Å². The first kappa shape index (κ1) is 14.4. The van der Waals surface area contributed by atoms with E-state index in [2.05, 4.69) is 10.3 Å². The normalized spacial score (nSPS) is 20.0. The Morgan fingerprint density at radius 2 is 2.14 bits per heavy atom. The smallest absolute Gasteiger partial charge is 0.416 e. The van der Waals surface area contributed by atoms with Crippen LogP contribution in [0.2, 0.25) is 0 Å². The van der Waals surface area contributed by atoms with Crippen LogP contribution in [0.4, 0.5) is 13.2 Å². The third kappa shape index (κ3) is 3.37. The number of fused-ring (bicyclic) bond motifs is 1. The molecule has 1 fully saturated rings. The predicted octanol–water partition coefficient (Wildman–Crippen LogP) is 3.92. The zero-order chi connectivity index (χ0) is 14.9. The number of hydrogen-bond donors (Lipinski definition) is 1. The van der Waals surface area contributed by atoms with Gasteiger partial charge in [-0.25, -0.2) is 4.98 Å². The van der Waals surface area contributed by atoms with Crippen molar-refractivity contribution in [2.24, 2.45) is 0 Å². The third-order valence-electron chi connectivity index (χ3n) is 3.88. The predicted molar refractivity (Wildman–Crippen MR) is 73.0 cm³/mol. The van der Waals surface area contributed by atoms with E-state index in [1.807, 2.05) is 0 Å². The summed E-state index contributed by atoms with van der Waals surface area (Å²) in [7, 11) is 0. The van der Waals surface area contributed by atoms with Gasteiger partial charge in [0.2, 0.25) is 0 Å². The molecule has 1 aliphatic heterocycles. The Labute approximate surface area is 120 Å². The summed E-state index contributed by atoms with van der Waals surface area (Å²) in [5.41, 5.74) is -0.00479. The lowest BCUT2D eigenvalue weighted by Crippen LogP contribution is -2.34. The molecule has 2 aromatic rings. The molecule has 1 aliphatic rings. The van der Waals surface area contributed by atoms with Gasteiger partial charge in [-0.05, 0) is 44.0 Å². The Bertz CT molecular complexity index is 615. The molecule has 1 unspecified atom stereocenters. The quantitative estimate of drug-likeness (QED) is 0.933. The van der Waals surface area contributed by atoms with E-state index in [0.717, 1.165) is 31.5 Å². The molecular weight excluding hydrogens is 281 g/mol. The van der Waals surface area contributed by atoms with E-state index < -0.39 is 11.7 Å². The summed E-state index contributed by atoms with van der Waals surface area (Å²) >= 11 is 0. The van der Waals surface area contributed by atoms with Crippen LogP contribution < -0.4 is 5.32 Å². The SMILES string of the molecule is FC(F)(F)c1ccc2oc(CCC3CCCCN3)nc2c1. The second-order valence-corrected chi connectivity index (χ2v) is 5.47. The Hall–Kier alpha value is -1.56. The number of oxazole rings is 1. The van der Waals surface area contributed by atoms with Crippen LogP contribution in [0.5, 0.6) is 0 Å². The summed E-state index contributed by atoms with van der Waals surface area (Å²) in [5.74, 6) is 0.511. The Morgan fingerprint density at radius 1 is 1.29 bits per heavy atom. The van der Waals surface area contributed by atoms with E-state index in [1.165, 1.54) is 18.9 Å². The van der Waals surface area contributed by atoms with Crippen molar-refractivity contribution in [1.82, 2.24) is 10.3 Å². The number of halogens is 3. The highest BCUT2D eigenvalue weighted by Crippen LogP contribution is 2.31. The van der Waals surface area contributed by atoms with Crippen molar-refractivity contribution >= 4 is 11.1 Å². The third-order valence-corrected chi connectivity index (χ3v) is 3.88. The average molecular weight is 298 g/mol. The maximum Gasteiger partial charge on any atom is 0.416 e. The van der Waals surface area contributed by atoms with Crippen molar-refractivity contribution < 1.29 is 17.6 Å². The lowest BCUT2D eigenvalue weighted by molar-refractivity contribution is -0.137. The Morgan fingerprint density at radius 3 is 2.86 bits per heavy atom. The molecule has 1 atom stereocenters. The number of rotatable bonds is 3. The van der Waals surface area contributed by atoms with Crippen molar-refractivity contribution in [2.45, 2.75) is 44.3 Å². The van der Waals surface area contributed by atoms with Crippen LogP contribution >= 0.6 is 0 Å². The maximum atomic E-state index is 12.6. The van der Waals surface area contributed by atoms with Crippen LogP contribution in [0.3, 0.4) is 0 Å². The largest absolute Gasteiger partial charge is 0.441 e. The summed E-state index contributed by atoms with van der Waals surface area (Å²) in [4.78, 5) is 4.18. The lowest BCUT2D eigenvalue weighted by Gasteiger charge is -2.22. The minimum absolute atomic E-state index is 0.274. The maximum absolute atomic E-state index is 12.6. The van der Waals surface area contributed by atoms with Gasteiger partial charge in [0.25, 0.3) is 0 Å². The van der Waals surface area contributed by atoms with Crippen LogP contribution in [-0.2, 0) is 12.6 Å². The fourth-order valence-electron chi connectivity index (χ4n) is 2.73. The molecule has 0 amide bonds. The average Bonchev–Trinajstić information content (AvgIpc) is 2.87. The molecule has 1 N–H and O–H groups in total. The number of piperidine rings is 1. The van der Waals surface area contributed by atoms with E-state index in [-0.39, 0.29) is 5.52 Å². The van der Waals surface area contributed by atoms with Gasteiger partial charge in [-0.1, -0.05) is 6.42 Å². The van der Waals surface area contributed by atoms with Gasteiger partial charge in [-0.3, -0.25) is 0 Å².